The molecule has 7 nitrogen and oxygen atoms in total. The van der Waals surface area contributed by atoms with Crippen LogP contribution in [0.1, 0.15) is 19.8 Å². The van der Waals surface area contributed by atoms with Crippen molar-refractivity contribution in [1.82, 2.24) is 4.31 Å². The van der Waals surface area contributed by atoms with E-state index in [2.05, 4.69) is 26.6 Å². The van der Waals surface area contributed by atoms with E-state index >= 15 is 0 Å². The lowest BCUT2D eigenvalue weighted by molar-refractivity contribution is -0.121. The minimum atomic E-state index is -3.64. The van der Waals surface area contributed by atoms with Gasteiger partial charge in [-0.15, -0.1) is 0 Å². The summed E-state index contributed by atoms with van der Waals surface area (Å²) in [5.74, 6) is -0.812. The normalized spacial score (nSPS) is 17.5. The number of rotatable bonds is 5. The molecule has 0 aromatic heterocycles. The molecule has 9 heteroatoms. The van der Waals surface area contributed by atoms with Gasteiger partial charge in [-0.3, -0.25) is 9.59 Å². The number of hydrogen-bond acceptors (Lipinski definition) is 4. The Morgan fingerprint density at radius 3 is 2.17 bits per heavy atom. The van der Waals surface area contributed by atoms with Crippen molar-refractivity contribution in [2.45, 2.75) is 24.7 Å². The van der Waals surface area contributed by atoms with E-state index in [1.54, 1.807) is 48.5 Å². The number of carbonyl (C=O) groups excluding carboxylic acids is 2. The molecule has 29 heavy (non-hydrogen) atoms. The van der Waals surface area contributed by atoms with Crippen molar-refractivity contribution < 1.29 is 18.0 Å². The number of halogens is 1. The van der Waals surface area contributed by atoms with Crippen LogP contribution in [0, 0.1) is 5.92 Å². The van der Waals surface area contributed by atoms with Crippen molar-refractivity contribution in [3.05, 3.63) is 53.0 Å². The summed E-state index contributed by atoms with van der Waals surface area (Å²) in [6, 6.07) is 13.3. The van der Waals surface area contributed by atoms with Gasteiger partial charge >= 0.3 is 0 Å². The molecule has 2 amide bonds. The van der Waals surface area contributed by atoms with Crippen LogP contribution in [0.2, 0.25) is 0 Å². The summed E-state index contributed by atoms with van der Waals surface area (Å²) < 4.78 is 28.0. The van der Waals surface area contributed by atoms with Gasteiger partial charge in [0.05, 0.1) is 10.8 Å². The van der Waals surface area contributed by atoms with Crippen molar-refractivity contribution in [3.63, 3.8) is 0 Å². The van der Waals surface area contributed by atoms with Crippen LogP contribution in [0.3, 0.4) is 0 Å². The second-order valence-electron chi connectivity index (χ2n) is 6.90. The third-order valence-electron chi connectivity index (χ3n) is 4.68. The molecule has 3 rings (SSSR count). The van der Waals surface area contributed by atoms with Crippen LogP contribution in [0.5, 0.6) is 0 Å². The molecular weight excluding hydrogens is 458 g/mol. The number of nitrogens with one attached hydrogen (secondary N) is 2. The van der Waals surface area contributed by atoms with Gasteiger partial charge in [0.25, 0.3) is 0 Å². The van der Waals surface area contributed by atoms with E-state index in [0.29, 0.717) is 30.8 Å². The molecule has 1 fully saturated rings. The van der Waals surface area contributed by atoms with E-state index in [-0.39, 0.29) is 23.3 Å². The Hall–Kier alpha value is -2.23. The quantitative estimate of drug-likeness (QED) is 0.686. The summed E-state index contributed by atoms with van der Waals surface area (Å²) >= 11 is 3.30. The molecule has 2 aromatic rings. The maximum atomic E-state index is 12.9. The van der Waals surface area contributed by atoms with Gasteiger partial charge in [0.15, 0.2) is 0 Å². The Morgan fingerprint density at radius 2 is 1.59 bits per heavy atom. The first-order valence-corrected chi connectivity index (χ1v) is 11.4. The number of sulfonamides is 1. The summed E-state index contributed by atoms with van der Waals surface area (Å²) in [5, 5.41) is 5.49. The average molecular weight is 480 g/mol. The fourth-order valence-electron chi connectivity index (χ4n) is 3.21. The van der Waals surface area contributed by atoms with Gasteiger partial charge in [0.2, 0.25) is 21.8 Å². The van der Waals surface area contributed by atoms with Crippen LogP contribution in [0.15, 0.2) is 57.9 Å². The first kappa shape index (κ1) is 21.5. The largest absolute Gasteiger partial charge is 0.326 e. The van der Waals surface area contributed by atoms with Crippen LogP contribution < -0.4 is 10.6 Å². The topological polar surface area (TPSA) is 95.6 Å². The molecule has 1 atom stereocenters. The van der Waals surface area contributed by atoms with E-state index < -0.39 is 15.9 Å². The van der Waals surface area contributed by atoms with Gasteiger partial charge < -0.3 is 10.6 Å². The minimum Gasteiger partial charge on any atom is -0.326 e. The maximum absolute atomic E-state index is 12.9. The van der Waals surface area contributed by atoms with Gasteiger partial charge in [0.1, 0.15) is 0 Å². The van der Waals surface area contributed by atoms with Crippen LogP contribution in [0.25, 0.3) is 0 Å². The Bertz CT molecular complexity index is 991. The Labute approximate surface area is 178 Å². The summed E-state index contributed by atoms with van der Waals surface area (Å²) in [6.45, 7) is 1.97. The van der Waals surface area contributed by atoms with Gasteiger partial charge in [-0.2, -0.15) is 4.31 Å². The highest BCUT2D eigenvalue weighted by Gasteiger charge is 2.33. The molecule has 0 spiro atoms. The predicted octanol–water partition coefficient (Wildman–Crippen LogP) is 3.45. The highest BCUT2D eigenvalue weighted by molar-refractivity contribution is 9.10. The fraction of sp³-hybridized carbons (Fsp3) is 0.300. The molecule has 0 bridgehead atoms. The second kappa shape index (κ2) is 9.06. The second-order valence-corrected chi connectivity index (χ2v) is 9.76. The number of carbonyl (C=O) groups is 2. The zero-order valence-corrected chi connectivity index (χ0v) is 18.3. The number of nitrogens with zero attached hydrogens (tertiary/aromatic N) is 1. The van der Waals surface area contributed by atoms with Crippen molar-refractivity contribution in [1.29, 1.82) is 0 Å². The standard InChI is InChI=1S/C20H22BrN3O4S/c1-14(25)22-17-6-8-18(9-7-17)23-20(26)15-3-2-12-24(13-15)29(27,28)19-10-4-16(21)5-11-19/h4-11,15H,2-3,12-13H2,1H3,(H,22,25)(H,23,26)/t15-/m1/s1. The highest BCUT2D eigenvalue weighted by Crippen LogP contribution is 2.26. The monoisotopic (exact) mass is 479 g/mol. The highest BCUT2D eigenvalue weighted by atomic mass is 79.9. The molecule has 1 heterocycles. The summed E-state index contributed by atoms with van der Waals surface area (Å²) in [4.78, 5) is 24.0. The van der Waals surface area contributed by atoms with Gasteiger partial charge in [-0.1, -0.05) is 15.9 Å². The predicted molar refractivity (Wildman–Crippen MR) is 115 cm³/mol. The summed E-state index contributed by atoms with van der Waals surface area (Å²) in [7, 11) is -3.64. The molecule has 0 unspecified atom stereocenters. The number of benzene rings is 2. The van der Waals surface area contributed by atoms with Crippen molar-refractivity contribution >= 4 is 49.1 Å². The lowest BCUT2D eigenvalue weighted by Crippen LogP contribution is -2.43. The molecule has 2 N–H and O–H groups in total. The average Bonchev–Trinajstić information content (AvgIpc) is 2.69. The molecule has 1 aliphatic heterocycles. The molecule has 2 aromatic carbocycles. The van der Waals surface area contributed by atoms with E-state index in [1.807, 2.05) is 0 Å². The van der Waals surface area contributed by atoms with E-state index in [9.17, 15) is 18.0 Å². The molecule has 1 saturated heterocycles. The van der Waals surface area contributed by atoms with Crippen LogP contribution in [-0.2, 0) is 19.6 Å². The first-order valence-electron chi connectivity index (χ1n) is 9.20. The lowest BCUT2D eigenvalue weighted by atomic mass is 9.98. The van der Waals surface area contributed by atoms with Crippen molar-refractivity contribution in [3.8, 4) is 0 Å². The first-order chi connectivity index (χ1) is 13.8. The number of piperidine rings is 1. The van der Waals surface area contributed by atoms with Gasteiger partial charge in [0, 0.05) is 35.9 Å². The Morgan fingerprint density at radius 1 is 1.00 bits per heavy atom. The van der Waals surface area contributed by atoms with Crippen LogP contribution in [0.4, 0.5) is 11.4 Å². The summed E-state index contributed by atoms with van der Waals surface area (Å²) in [5.41, 5.74) is 1.23. The van der Waals surface area contributed by atoms with E-state index in [0.717, 1.165) is 4.47 Å². The molecule has 0 aliphatic carbocycles. The van der Waals surface area contributed by atoms with Crippen LogP contribution in [-0.4, -0.2) is 37.6 Å². The van der Waals surface area contributed by atoms with Gasteiger partial charge in [-0.25, -0.2) is 8.42 Å². The maximum Gasteiger partial charge on any atom is 0.243 e. The molecule has 154 valence electrons. The molecule has 1 aliphatic rings. The Balaban J connectivity index is 1.66. The fourth-order valence-corrected chi connectivity index (χ4v) is 5.00. The number of hydrogen-bond donors (Lipinski definition) is 2. The molecule has 0 saturated carbocycles. The zero-order chi connectivity index (χ0) is 21.0. The third-order valence-corrected chi connectivity index (χ3v) is 7.09. The smallest absolute Gasteiger partial charge is 0.243 e. The van der Waals surface area contributed by atoms with E-state index in [4.69, 9.17) is 0 Å². The Kier molecular flexibility index (Phi) is 6.71. The SMILES string of the molecule is CC(=O)Nc1ccc(NC(=O)[C@@H]2CCCN(S(=O)(=O)c3ccc(Br)cc3)C2)cc1. The molecule has 0 radical (unpaired) electrons. The minimum absolute atomic E-state index is 0.147. The zero-order valence-electron chi connectivity index (χ0n) is 15.9. The van der Waals surface area contributed by atoms with Crippen molar-refractivity contribution in [2.75, 3.05) is 23.7 Å². The number of amides is 2. The van der Waals surface area contributed by atoms with Crippen LogP contribution >= 0.6 is 15.9 Å². The summed E-state index contributed by atoms with van der Waals surface area (Å²) in [6.07, 6.45) is 1.25. The third kappa shape index (κ3) is 5.43. The van der Waals surface area contributed by atoms with Gasteiger partial charge in [-0.05, 0) is 61.4 Å². The lowest BCUT2D eigenvalue weighted by Gasteiger charge is -2.31. The number of anilines is 2. The van der Waals surface area contributed by atoms with E-state index in [1.165, 1.54) is 11.2 Å². The van der Waals surface area contributed by atoms with Crippen molar-refractivity contribution in [2.24, 2.45) is 5.92 Å². The molecular formula is C20H22BrN3O4S.